The van der Waals surface area contributed by atoms with E-state index in [-0.39, 0.29) is 38.1 Å². The molecule has 0 spiro atoms. The summed E-state index contributed by atoms with van der Waals surface area (Å²) in [5.74, 6) is 1.44. The Morgan fingerprint density at radius 1 is 1.19 bits per heavy atom. The van der Waals surface area contributed by atoms with Crippen molar-refractivity contribution in [3.63, 3.8) is 0 Å². The van der Waals surface area contributed by atoms with Gasteiger partial charge in [-0.3, -0.25) is 9.59 Å². The predicted octanol–water partition coefficient (Wildman–Crippen LogP) is 1.19. The van der Waals surface area contributed by atoms with Crippen LogP contribution in [0, 0.1) is 17.8 Å². The number of rotatable bonds is 7. The van der Waals surface area contributed by atoms with E-state index in [0.29, 0.717) is 39.0 Å². The maximum absolute atomic E-state index is 12.6. The van der Waals surface area contributed by atoms with E-state index < -0.39 is 22.6 Å². The number of terminal acetylenes is 1. The summed E-state index contributed by atoms with van der Waals surface area (Å²) in [6, 6.07) is 0. The van der Waals surface area contributed by atoms with Crippen LogP contribution in [0.25, 0.3) is 0 Å². The molecule has 0 aromatic carbocycles. The average Bonchev–Trinajstić information content (AvgIpc) is 3.30. The minimum absolute atomic E-state index is 0.0454. The van der Waals surface area contributed by atoms with E-state index in [9.17, 15) is 19.8 Å². The standard InChI is InChI=1S/C18H25N3O5/c1-2-3-5-18(19-20-18)6-4-14(22)21-10-7-17(25,13-21)16(15(23)24)8-11-26-12-9-16/h1,25H,3-13H2,(H,23,24). The highest BCUT2D eigenvalue weighted by Crippen LogP contribution is 2.46. The molecule has 0 aromatic heterocycles. The van der Waals surface area contributed by atoms with Gasteiger partial charge in [0.25, 0.3) is 0 Å². The lowest BCUT2D eigenvalue weighted by Crippen LogP contribution is -2.57. The van der Waals surface area contributed by atoms with Crippen LogP contribution in [0.3, 0.4) is 0 Å². The van der Waals surface area contributed by atoms with Crippen molar-refractivity contribution in [3.8, 4) is 12.3 Å². The number of hydrogen-bond acceptors (Lipinski definition) is 6. The fraction of sp³-hybridized carbons (Fsp3) is 0.778. The van der Waals surface area contributed by atoms with E-state index in [4.69, 9.17) is 11.2 Å². The fourth-order valence-corrected chi connectivity index (χ4v) is 4.13. The number of carboxylic acid groups (broad SMARTS) is 1. The van der Waals surface area contributed by atoms with Crippen LogP contribution in [0.5, 0.6) is 0 Å². The van der Waals surface area contributed by atoms with Crippen LogP contribution < -0.4 is 0 Å². The molecule has 3 rings (SSSR count). The average molecular weight is 363 g/mol. The van der Waals surface area contributed by atoms with Crippen molar-refractivity contribution in [2.24, 2.45) is 15.6 Å². The number of carbonyl (C=O) groups excluding carboxylic acids is 1. The first-order valence-electron chi connectivity index (χ1n) is 9.05. The van der Waals surface area contributed by atoms with Crippen LogP contribution in [0.2, 0.25) is 0 Å². The Morgan fingerprint density at radius 2 is 1.88 bits per heavy atom. The molecule has 3 aliphatic heterocycles. The lowest BCUT2D eigenvalue weighted by molar-refractivity contribution is -0.182. The quantitative estimate of drug-likeness (QED) is 0.660. The van der Waals surface area contributed by atoms with Gasteiger partial charge in [-0.25, -0.2) is 0 Å². The van der Waals surface area contributed by atoms with Gasteiger partial charge < -0.3 is 19.8 Å². The predicted molar refractivity (Wildman–Crippen MR) is 91.2 cm³/mol. The molecular weight excluding hydrogens is 338 g/mol. The molecule has 2 N–H and O–H groups in total. The number of aliphatic carboxylic acids is 1. The van der Waals surface area contributed by atoms with Crippen molar-refractivity contribution >= 4 is 11.9 Å². The van der Waals surface area contributed by atoms with Gasteiger partial charge in [0, 0.05) is 45.4 Å². The number of carboxylic acids is 1. The van der Waals surface area contributed by atoms with Gasteiger partial charge >= 0.3 is 5.97 Å². The van der Waals surface area contributed by atoms with Gasteiger partial charge in [-0.05, 0) is 19.3 Å². The van der Waals surface area contributed by atoms with Crippen molar-refractivity contribution in [3.05, 3.63) is 0 Å². The van der Waals surface area contributed by atoms with Crippen molar-refractivity contribution in [1.29, 1.82) is 0 Å². The number of carbonyl (C=O) groups is 2. The molecule has 142 valence electrons. The summed E-state index contributed by atoms with van der Waals surface area (Å²) in [5, 5.41) is 29.0. The van der Waals surface area contributed by atoms with Crippen LogP contribution in [0.15, 0.2) is 10.2 Å². The van der Waals surface area contributed by atoms with Crippen molar-refractivity contribution in [2.45, 2.75) is 56.2 Å². The normalized spacial score (nSPS) is 28.5. The molecule has 0 aliphatic carbocycles. The van der Waals surface area contributed by atoms with Crippen LogP contribution in [-0.4, -0.2) is 64.6 Å². The Labute approximate surface area is 152 Å². The van der Waals surface area contributed by atoms with Gasteiger partial charge in [-0.15, -0.1) is 12.3 Å². The van der Waals surface area contributed by atoms with Crippen LogP contribution in [0.4, 0.5) is 0 Å². The third-order valence-corrected chi connectivity index (χ3v) is 6.04. The van der Waals surface area contributed by atoms with E-state index in [0.717, 1.165) is 0 Å². The summed E-state index contributed by atoms with van der Waals surface area (Å²) < 4.78 is 5.28. The molecule has 8 heteroatoms. The first-order chi connectivity index (χ1) is 12.4. The van der Waals surface area contributed by atoms with Crippen molar-refractivity contribution < 1.29 is 24.5 Å². The van der Waals surface area contributed by atoms with Gasteiger partial charge in [-0.2, -0.15) is 10.2 Å². The molecule has 0 radical (unpaired) electrons. The van der Waals surface area contributed by atoms with Gasteiger partial charge in [0.15, 0.2) is 5.66 Å². The first kappa shape index (κ1) is 18.8. The first-order valence-corrected chi connectivity index (χ1v) is 9.05. The van der Waals surface area contributed by atoms with E-state index >= 15 is 0 Å². The Hall–Kier alpha value is -1.98. The van der Waals surface area contributed by atoms with E-state index in [1.807, 2.05) is 0 Å². The monoisotopic (exact) mass is 363 g/mol. The lowest BCUT2D eigenvalue weighted by Gasteiger charge is -2.44. The van der Waals surface area contributed by atoms with Crippen molar-refractivity contribution in [1.82, 2.24) is 4.90 Å². The molecular formula is C18H25N3O5. The topological polar surface area (TPSA) is 112 Å². The van der Waals surface area contributed by atoms with E-state index in [2.05, 4.69) is 16.1 Å². The minimum atomic E-state index is -1.42. The largest absolute Gasteiger partial charge is 0.481 e. The summed E-state index contributed by atoms with van der Waals surface area (Å²) >= 11 is 0. The third kappa shape index (κ3) is 3.33. The molecule has 0 aromatic rings. The summed E-state index contributed by atoms with van der Waals surface area (Å²) in [7, 11) is 0. The summed E-state index contributed by atoms with van der Waals surface area (Å²) in [6.45, 7) is 1.02. The highest BCUT2D eigenvalue weighted by molar-refractivity contribution is 5.79. The third-order valence-electron chi connectivity index (χ3n) is 6.04. The molecule has 3 heterocycles. The SMILES string of the molecule is C#CCCC1(CCC(=O)N2CCC(O)(C3(C(=O)O)CCOCC3)C2)N=N1. The number of likely N-dealkylation sites (tertiary alicyclic amines) is 1. The zero-order valence-electron chi connectivity index (χ0n) is 14.8. The number of nitrogens with zero attached hydrogens (tertiary/aromatic N) is 3. The Bertz CT molecular complexity index is 644. The number of aliphatic hydroxyl groups is 1. The maximum Gasteiger partial charge on any atom is 0.312 e. The molecule has 2 saturated heterocycles. The molecule has 26 heavy (non-hydrogen) atoms. The van der Waals surface area contributed by atoms with E-state index in [1.165, 1.54) is 0 Å². The van der Waals surface area contributed by atoms with Crippen LogP contribution in [-0.2, 0) is 14.3 Å². The zero-order chi connectivity index (χ0) is 18.8. The smallest absolute Gasteiger partial charge is 0.312 e. The highest BCUT2D eigenvalue weighted by Gasteiger charge is 2.59. The Kier molecular flexibility index (Phi) is 5.04. The second-order valence-electron chi connectivity index (χ2n) is 7.48. The van der Waals surface area contributed by atoms with Crippen LogP contribution >= 0.6 is 0 Å². The summed E-state index contributed by atoms with van der Waals surface area (Å²) in [5.41, 5.74) is -3.19. The second-order valence-corrected chi connectivity index (χ2v) is 7.48. The number of ether oxygens (including phenoxy) is 1. The Balaban J connectivity index is 1.59. The molecule has 8 nitrogen and oxygen atoms in total. The number of hydrogen-bond donors (Lipinski definition) is 2. The Morgan fingerprint density at radius 3 is 2.46 bits per heavy atom. The van der Waals surface area contributed by atoms with Gasteiger partial charge in [0.2, 0.25) is 5.91 Å². The van der Waals surface area contributed by atoms with Gasteiger partial charge in [0.1, 0.15) is 11.0 Å². The maximum atomic E-state index is 12.6. The lowest BCUT2D eigenvalue weighted by atomic mass is 9.66. The highest BCUT2D eigenvalue weighted by atomic mass is 16.5. The van der Waals surface area contributed by atoms with E-state index in [1.54, 1.807) is 4.90 Å². The van der Waals surface area contributed by atoms with Crippen molar-refractivity contribution in [2.75, 3.05) is 26.3 Å². The molecule has 2 fully saturated rings. The van der Waals surface area contributed by atoms with Crippen LogP contribution in [0.1, 0.15) is 44.9 Å². The van der Waals surface area contributed by atoms with Gasteiger partial charge in [0.05, 0.1) is 6.54 Å². The zero-order valence-corrected chi connectivity index (χ0v) is 14.8. The van der Waals surface area contributed by atoms with Gasteiger partial charge in [-0.1, -0.05) is 0 Å². The summed E-state index contributed by atoms with van der Waals surface area (Å²) in [6.07, 6.45) is 8.01. The minimum Gasteiger partial charge on any atom is -0.481 e. The number of amides is 1. The molecule has 0 saturated carbocycles. The molecule has 1 atom stereocenters. The second kappa shape index (κ2) is 6.97. The molecule has 0 bridgehead atoms. The molecule has 1 amide bonds. The molecule has 3 aliphatic rings. The number of β-amino-alcohol motifs (C(OH)–C–C–N with tert-alkyl or cyclic N) is 1. The summed E-state index contributed by atoms with van der Waals surface area (Å²) in [4.78, 5) is 26.1. The fourth-order valence-electron chi connectivity index (χ4n) is 4.13. The molecule has 1 unspecified atom stereocenters.